The van der Waals surface area contributed by atoms with Gasteiger partial charge in [-0.25, -0.2) is 4.39 Å². The summed E-state index contributed by atoms with van der Waals surface area (Å²) in [5.74, 6) is 0.152. The van der Waals surface area contributed by atoms with Crippen LogP contribution < -0.4 is 5.32 Å². The van der Waals surface area contributed by atoms with E-state index in [1.54, 1.807) is 12.1 Å². The number of H-pyrrole nitrogens is 1. The lowest BCUT2D eigenvalue weighted by Gasteiger charge is -2.45. The minimum absolute atomic E-state index is 0.0202. The van der Waals surface area contributed by atoms with E-state index in [-0.39, 0.29) is 23.8 Å². The third-order valence-electron chi connectivity index (χ3n) is 6.54. The van der Waals surface area contributed by atoms with Gasteiger partial charge in [-0.15, -0.1) is 0 Å². The van der Waals surface area contributed by atoms with Crippen LogP contribution in [0, 0.1) is 5.82 Å². The molecule has 3 aromatic rings. The molecule has 4 nitrogen and oxygen atoms in total. The van der Waals surface area contributed by atoms with Gasteiger partial charge in [0.1, 0.15) is 11.5 Å². The second-order valence-corrected chi connectivity index (χ2v) is 8.26. The van der Waals surface area contributed by atoms with E-state index in [2.05, 4.69) is 40.6 Å². The van der Waals surface area contributed by atoms with Crippen LogP contribution in [0.2, 0.25) is 0 Å². The highest BCUT2D eigenvalue weighted by molar-refractivity contribution is 5.98. The number of carbonyl (C=O) groups is 1. The van der Waals surface area contributed by atoms with Gasteiger partial charge < -0.3 is 15.2 Å². The molecule has 0 spiro atoms. The SMILES string of the molecule is O=C(c1cc2cc(F)ccc2[nH]1)N1CC[C@H](c2ccccc2)[C@H]2NCCCC[C@H]21. The minimum atomic E-state index is -0.285. The Bertz CT molecular complexity index is 1020. The molecule has 0 aliphatic carbocycles. The first kappa shape index (κ1) is 18.4. The van der Waals surface area contributed by atoms with E-state index in [0.29, 0.717) is 11.6 Å². The maximum atomic E-state index is 13.6. The first-order chi connectivity index (χ1) is 14.2. The van der Waals surface area contributed by atoms with Gasteiger partial charge in [-0.1, -0.05) is 36.8 Å². The Balaban J connectivity index is 1.45. The summed E-state index contributed by atoms with van der Waals surface area (Å²) in [5.41, 5.74) is 2.70. The lowest BCUT2D eigenvalue weighted by molar-refractivity contribution is 0.0505. The van der Waals surface area contributed by atoms with Crippen LogP contribution in [0.3, 0.4) is 0 Å². The van der Waals surface area contributed by atoms with E-state index in [9.17, 15) is 9.18 Å². The zero-order valence-electron chi connectivity index (χ0n) is 16.4. The summed E-state index contributed by atoms with van der Waals surface area (Å²) < 4.78 is 13.6. The highest BCUT2D eigenvalue weighted by Crippen LogP contribution is 2.36. The number of halogens is 1. The Morgan fingerprint density at radius 1 is 1.03 bits per heavy atom. The normalized spacial score (nSPS) is 24.9. The molecule has 0 unspecified atom stereocenters. The van der Waals surface area contributed by atoms with E-state index in [1.165, 1.54) is 17.7 Å². The molecular formula is C24H26FN3O. The average Bonchev–Trinajstić information content (AvgIpc) is 3.01. The number of rotatable bonds is 2. The van der Waals surface area contributed by atoms with Gasteiger partial charge in [0.25, 0.3) is 5.91 Å². The van der Waals surface area contributed by atoms with Gasteiger partial charge in [0, 0.05) is 35.4 Å². The molecule has 1 amide bonds. The number of nitrogens with zero attached hydrogens (tertiary/aromatic N) is 1. The van der Waals surface area contributed by atoms with E-state index >= 15 is 0 Å². The molecule has 0 bridgehead atoms. The van der Waals surface area contributed by atoms with Crippen LogP contribution in [0.1, 0.15) is 47.7 Å². The minimum Gasteiger partial charge on any atom is -0.351 e. The van der Waals surface area contributed by atoms with Crippen molar-refractivity contribution in [1.82, 2.24) is 15.2 Å². The highest BCUT2D eigenvalue weighted by Gasteiger charge is 2.41. The van der Waals surface area contributed by atoms with Crippen LogP contribution in [0.15, 0.2) is 54.6 Å². The Morgan fingerprint density at radius 3 is 2.76 bits per heavy atom. The van der Waals surface area contributed by atoms with Crippen molar-refractivity contribution in [2.24, 2.45) is 0 Å². The Hall–Kier alpha value is -2.66. The summed E-state index contributed by atoms with van der Waals surface area (Å²) >= 11 is 0. The van der Waals surface area contributed by atoms with E-state index in [0.717, 1.165) is 49.7 Å². The van der Waals surface area contributed by atoms with E-state index < -0.39 is 0 Å². The third kappa shape index (κ3) is 3.44. The first-order valence-corrected chi connectivity index (χ1v) is 10.6. The van der Waals surface area contributed by atoms with Gasteiger partial charge in [-0.3, -0.25) is 4.79 Å². The second-order valence-electron chi connectivity index (χ2n) is 8.26. The molecule has 1 aromatic heterocycles. The van der Waals surface area contributed by atoms with Crippen LogP contribution in [0.5, 0.6) is 0 Å². The van der Waals surface area contributed by atoms with E-state index in [4.69, 9.17) is 0 Å². The number of fused-ring (bicyclic) bond motifs is 2. The van der Waals surface area contributed by atoms with Gasteiger partial charge >= 0.3 is 0 Å². The fraction of sp³-hybridized carbons (Fsp3) is 0.375. The number of benzene rings is 2. The third-order valence-corrected chi connectivity index (χ3v) is 6.54. The molecule has 3 heterocycles. The molecule has 29 heavy (non-hydrogen) atoms. The zero-order chi connectivity index (χ0) is 19.8. The monoisotopic (exact) mass is 391 g/mol. The lowest BCUT2D eigenvalue weighted by atomic mass is 9.79. The van der Waals surface area contributed by atoms with Crippen molar-refractivity contribution in [3.05, 3.63) is 71.7 Å². The van der Waals surface area contributed by atoms with E-state index in [1.807, 2.05) is 4.90 Å². The largest absolute Gasteiger partial charge is 0.351 e. The Morgan fingerprint density at radius 2 is 1.90 bits per heavy atom. The van der Waals surface area contributed by atoms with Crippen LogP contribution in [-0.4, -0.2) is 41.0 Å². The molecule has 150 valence electrons. The molecule has 3 atom stereocenters. The van der Waals surface area contributed by atoms with Gasteiger partial charge in [0.05, 0.1) is 0 Å². The fourth-order valence-electron chi connectivity index (χ4n) is 5.15. The van der Waals surface area contributed by atoms with Crippen molar-refractivity contribution in [2.45, 2.75) is 43.7 Å². The quantitative estimate of drug-likeness (QED) is 0.678. The Kier molecular flexibility index (Phi) is 4.84. The summed E-state index contributed by atoms with van der Waals surface area (Å²) in [4.78, 5) is 18.7. The summed E-state index contributed by atoms with van der Waals surface area (Å²) in [6.07, 6.45) is 4.22. The molecule has 2 saturated heterocycles. The summed E-state index contributed by atoms with van der Waals surface area (Å²) in [6, 6.07) is 17.5. The number of aromatic amines is 1. The van der Waals surface area contributed by atoms with Crippen molar-refractivity contribution in [3.8, 4) is 0 Å². The lowest BCUT2D eigenvalue weighted by Crippen LogP contribution is -2.58. The van der Waals surface area contributed by atoms with Crippen molar-refractivity contribution < 1.29 is 9.18 Å². The molecule has 0 saturated carbocycles. The molecule has 2 N–H and O–H groups in total. The highest BCUT2D eigenvalue weighted by atomic mass is 19.1. The molecule has 2 aliphatic rings. The van der Waals surface area contributed by atoms with Crippen molar-refractivity contribution in [2.75, 3.05) is 13.1 Å². The van der Waals surface area contributed by atoms with Crippen LogP contribution in [0.25, 0.3) is 10.9 Å². The predicted octanol–water partition coefficient (Wildman–Crippen LogP) is 4.45. The molecule has 5 rings (SSSR count). The Labute approximate surface area is 170 Å². The number of likely N-dealkylation sites (tertiary alicyclic amines) is 1. The van der Waals surface area contributed by atoms with Gasteiger partial charge in [0.2, 0.25) is 0 Å². The molecule has 0 radical (unpaired) electrons. The van der Waals surface area contributed by atoms with Crippen molar-refractivity contribution in [1.29, 1.82) is 0 Å². The average molecular weight is 391 g/mol. The molecule has 2 aliphatic heterocycles. The van der Waals surface area contributed by atoms with Gasteiger partial charge in [0.15, 0.2) is 0 Å². The molecule has 2 aromatic carbocycles. The maximum absolute atomic E-state index is 13.6. The molecule has 2 fully saturated rings. The van der Waals surface area contributed by atoms with Crippen molar-refractivity contribution >= 4 is 16.8 Å². The summed E-state index contributed by atoms with van der Waals surface area (Å²) in [5, 5.41) is 4.49. The summed E-state index contributed by atoms with van der Waals surface area (Å²) in [7, 11) is 0. The zero-order valence-corrected chi connectivity index (χ0v) is 16.4. The van der Waals surface area contributed by atoms with Crippen LogP contribution >= 0.6 is 0 Å². The standard InChI is InChI=1S/C24H26FN3O/c25-18-9-10-20-17(14-18)15-21(27-20)24(29)28-13-11-19(16-6-2-1-3-7-16)23-22(28)8-4-5-12-26-23/h1-3,6-7,9-10,14-15,19,22-23,26-27H,4-5,8,11-13H2/t19-,22-,23-/m1/s1. The number of aromatic nitrogens is 1. The smallest absolute Gasteiger partial charge is 0.270 e. The summed E-state index contributed by atoms with van der Waals surface area (Å²) in [6.45, 7) is 1.74. The number of hydrogen-bond donors (Lipinski definition) is 2. The second kappa shape index (κ2) is 7.64. The number of amides is 1. The number of carbonyl (C=O) groups excluding carboxylic acids is 1. The number of hydrogen-bond acceptors (Lipinski definition) is 2. The number of piperidine rings is 1. The first-order valence-electron chi connectivity index (χ1n) is 10.6. The molecular weight excluding hydrogens is 365 g/mol. The van der Waals surface area contributed by atoms with Crippen LogP contribution in [-0.2, 0) is 0 Å². The van der Waals surface area contributed by atoms with Gasteiger partial charge in [-0.2, -0.15) is 0 Å². The van der Waals surface area contributed by atoms with Crippen LogP contribution in [0.4, 0.5) is 4.39 Å². The fourth-order valence-corrected chi connectivity index (χ4v) is 5.15. The number of nitrogens with one attached hydrogen (secondary N) is 2. The predicted molar refractivity (Wildman–Crippen MR) is 113 cm³/mol. The maximum Gasteiger partial charge on any atom is 0.270 e. The molecule has 5 heteroatoms. The van der Waals surface area contributed by atoms with Crippen molar-refractivity contribution in [3.63, 3.8) is 0 Å². The topological polar surface area (TPSA) is 48.1 Å². The van der Waals surface area contributed by atoms with Gasteiger partial charge in [-0.05, 0) is 55.6 Å².